The van der Waals surface area contributed by atoms with Crippen molar-refractivity contribution in [1.29, 1.82) is 0 Å². The molecule has 0 heterocycles. The van der Waals surface area contributed by atoms with Crippen LogP contribution in [0.1, 0.15) is 0 Å². The van der Waals surface area contributed by atoms with Crippen LogP contribution < -0.4 is 0 Å². The Hall–Kier alpha value is -0.600. The molecule has 0 aromatic heterocycles. The Morgan fingerprint density at radius 1 is 0.917 bits per heavy atom. The Morgan fingerprint density at radius 3 is 2.50 bits per heavy atom. The molecule has 0 bridgehead atoms. The summed E-state index contributed by atoms with van der Waals surface area (Å²) < 4.78 is 0. The molecule has 0 spiro atoms. The Labute approximate surface area is 80.8 Å². The van der Waals surface area contributed by atoms with Gasteiger partial charge in [0.25, 0.3) is 0 Å². The van der Waals surface area contributed by atoms with E-state index in [0.717, 1.165) is 0 Å². The van der Waals surface area contributed by atoms with E-state index in [9.17, 15) is 0 Å². The molecule has 12 heavy (non-hydrogen) atoms. The second-order valence-electron chi connectivity index (χ2n) is 2.57. The molecule has 0 unspecified atom stereocenters. The first kappa shape index (κ1) is 8.02. The molecule has 0 amide bonds. The van der Waals surface area contributed by atoms with Crippen molar-refractivity contribution in [1.82, 2.24) is 0 Å². The van der Waals surface area contributed by atoms with E-state index in [1.165, 1.54) is 26.5 Å². The van der Waals surface area contributed by atoms with Crippen LogP contribution in [0.3, 0.4) is 0 Å². The van der Waals surface area contributed by atoms with Gasteiger partial charge in [-0.05, 0) is 16.8 Å². The summed E-state index contributed by atoms with van der Waals surface area (Å²) in [5.74, 6) is 0. The van der Waals surface area contributed by atoms with Gasteiger partial charge in [-0.2, -0.15) is 0 Å². The van der Waals surface area contributed by atoms with Gasteiger partial charge in [0.05, 0.1) is 0 Å². The molecular weight excluding hydrogens is 184 g/mol. The lowest BCUT2D eigenvalue weighted by Gasteiger charge is -2.00. The molecule has 0 saturated carbocycles. The fraction of sp³-hybridized carbons (Fsp3) is 0. The van der Waals surface area contributed by atoms with Crippen LogP contribution in [-0.4, -0.2) is 0 Å². The SMILES string of the molecule is SSc1cccc2ccccc12. The predicted molar refractivity (Wildman–Crippen MR) is 58.8 cm³/mol. The average Bonchev–Trinajstić information content (AvgIpc) is 2.17. The first-order valence-electron chi connectivity index (χ1n) is 3.71. The minimum atomic E-state index is 1.22. The van der Waals surface area contributed by atoms with Gasteiger partial charge in [0.15, 0.2) is 0 Å². The van der Waals surface area contributed by atoms with Crippen LogP contribution in [0.25, 0.3) is 10.8 Å². The number of fused-ring (bicyclic) bond motifs is 1. The molecule has 2 rings (SSSR count). The average molecular weight is 192 g/mol. The maximum absolute atomic E-state index is 4.20. The van der Waals surface area contributed by atoms with Crippen molar-refractivity contribution >= 4 is 33.2 Å². The second kappa shape index (κ2) is 3.42. The van der Waals surface area contributed by atoms with E-state index >= 15 is 0 Å². The number of benzene rings is 2. The molecule has 0 saturated heterocycles. The van der Waals surface area contributed by atoms with Crippen molar-refractivity contribution < 1.29 is 0 Å². The molecular formula is C10H8S2. The van der Waals surface area contributed by atoms with E-state index in [1.807, 2.05) is 0 Å². The highest BCUT2D eigenvalue weighted by Crippen LogP contribution is 2.29. The molecule has 0 radical (unpaired) electrons. The molecule has 2 aromatic rings. The summed E-state index contributed by atoms with van der Waals surface area (Å²) in [6.07, 6.45) is 0. The molecule has 0 atom stereocenters. The molecule has 0 nitrogen and oxygen atoms in total. The third-order valence-electron chi connectivity index (χ3n) is 1.85. The summed E-state index contributed by atoms with van der Waals surface area (Å²) in [4.78, 5) is 1.22. The maximum atomic E-state index is 4.20. The lowest BCUT2D eigenvalue weighted by atomic mass is 10.1. The van der Waals surface area contributed by atoms with Crippen molar-refractivity contribution in [2.45, 2.75) is 4.90 Å². The van der Waals surface area contributed by atoms with Gasteiger partial charge >= 0.3 is 0 Å². The summed E-state index contributed by atoms with van der Waals surface area (Å²) >= 11 is 4.20. The summed E-state index contributed by atoms with van der Waals surface area (Å²) in [6, 6.07) is 14.6. The van der Waals surface area contributed by atoms with Crippen LogP contribution in [0.2, 0.25) is 0 Å². The van der Waals surface area contributed by atoms with Gasteiger partial charge in [-0.3, -0.25) is 0 Å². The summed E-state index contributed by atoms with van der Waals surface area (Å²) in [7, 11) is 1.49. The number of hydrogen-bond donors (Lipinski definition) is 1. The number of thiol groups is 1. The van der Waals surface area contributed by atoms with E-state index in [0.29, 0.717) is 0 Å². The number of hydrogen-bond acceptors (Lipinski definition) is 2. The summed E-state index contributed by atoms with van der Waals surface area (Å²) in [6.45, 7) is 0. The standard InChI is InChI=1S/C10H8S2/c11-12-10-7-3-5-8-4-1-2-6-9(8)10/h1-7,11H. The van der Waals surface area contributed by atoms with Gasteiger partial charge in [0.1, 0.15) is 0 Å². The lowest BCUT2D eigenvalue weighted by molar-refractivity contribution is 1.56. The zero-order chi connectivity index (χ0) is 8.39. The largest absolute Gasteiger partial charge is 0.106 e. The smallest absolute Gasteiger partial charge is 0.0258 e. The number of rotatable bonds is 1. The van der Waals surface area contributed by atoms with Crippen molar-refractivity contribution in [2.75, 3.05) is 0 Å². The molecule has 2 aromatic carbocycles. The Bertz CT molecular complexity index is 390. The van der Waals surface area contributed by atoms with Crippen LogP contribution >= 0.6 is 22.5 Å². The second-order valence-corrected chi connectivity index (χ2v) is 3.74. The third kappa shape index (κ3) is 1.32. The van der Waals surface area contributed by atoms with Crippen molar-refractivity contribution in [3.63, 3.8) is 0 Å². The predicted octanol–water partition coefficient (Wildman–Crippen LogP) is 3.78. The zero-order valence-corrected chi connectivity index (χ0v) is 8.11. The quantitative estimate of drug-likeness (QED) is 0.530. The monoisotopic (exact) mass is 192 g/mol. The first-order chi connectivity index (χ1) is 5.92. The minimum absolute atomic E-state index is 1.22. The van der Waals surface area contributed by atoms with Crippen LogP contribution in [0.5, 0.6) is 0 Å². The van der Waals surface area contributed by atoms with E-state index < -0.39 is 0 Å². The van der Waals surface area contributed by atoms with Gasteiger partial charge < -0.3 is 0 Å². The highest BCUT2D eigenvalue weighted by atomic mass is 33.1. The molecule has 2 heteroatoms. The first-order valence-corrected chi connectivity index (χ1v) is 5.58. The van der Waals surface area contributed by atoms with Crippen molar-refractivity contribution in [2.24, 2.45) is 0 Å². The van der Waals surface area contributed by atoms with Crippen LogP contribution in [0.15, 0.2) is 47.4 Å². The van der Waals surface area contributed by atoms with E-state index in [-0.39, 0.29) is 0 Å². The highest BCUT2D eigenvalue weighted by molar-refractivity contribution is 8.68. The van der Waals surface area contributed by atoms with Gasteiger partial charge in [0, 0.05) is 4.90 Å². The molecule has 0 aliphatic carbocycles. The normalized spacial score (nSPS) is 10.4. The molecule has 0 fully saturated rings. The molecule has 0 aliphatic heterocycles. The highest BCUT2D eigenvalue weighted by Gasteiger charge is 1.96. The van der Waals surface area contributed by atoms with Crippen LogP contribution in [0, 0.1) is 0 Å². The zero-order valence-electron chi connectivity index (χ0n) is 6.40. The molecule has 0 aliphatic rings. The van der Waals surface area contributed by atoms with Gasteiger partial charge in [0.2, 0.25) is 0 Å². The fourth-order valence-electron chi connectivity index (χ4n) is 1.28. The van der Waals surface area contributed by atoms with E-state index in [4.69, 9.17) is 0 Å². The van der Waals surface area contributed by atoms with Crippen LogP contribution in [-0.2, 0) is 0 Å². The Morgan fingerprint density at radius 2 is 1.67 bits per heavy atom. The van der Waals surface area contributed by atoms with Gasteiger partial charge in [-0.1, -0.05) is 47.2 Å². The van der Waals surface area contributed by atoms with Crippen molar-refractivity contribution in [3.05, 3.63) is 42.5 Å². The summed E-state index contributed by atoms with van der Waals surface area (Å²) in [5, 5.41) is 2.55. The fourth-order valence-corrected chi connectivity index (χ4v) is 2.18. The van der Waals surface area contributed by atoms with Crippen LogP contribution in [0.4, 0.5) is 0 Å². The Kier molecular flexibility index (Phi) is 2.28. The third-order valence-corrected chi connectivity index (χ3v) is 2.99. The van der Waals surface area contributed by atoms with Crippen molar-refractivity contribution in [3.8, 4) is 0 Å². The molecule has 0 N–H and O–H groups in total. The molecule has 60 valence electrons. The topological polar surface area (TPSA) is 0 Å². The van der Waals surface area contributed by atoms with Gasteiger partial charge in [-0.15, -0.1) is 11.7 Å². The van der Waals surface area contributed by atoms with Gasteiger partial charge in [-0.25, -0.2) is 0 Å². The van der Waals surface area contributed by atoms with E-state index in [2.05, 4.69) is 54.1 Å². The maximum Gasteiger partial charge on any atom is 0.0258 e. The van der Waals surface area contributed by atoms with E-state index in [1.54, 1.807) is 0 Å². The Balaban J connectivity index is 2.79. The minimum Gasteiger partial charge on any atom is -0.106 e. The lowest BCUT2D eigenvalue weighted by Crippen LogP contribution is -1.73. The summed E-state index contributed by atoms with van der Waals surface area (Å²) in [5.41, 5.74) is 0.